The van der Waals surface area contributed by atoms with Gasteiger partial charge in [0, 0.05) is 5.69 Å². The molecule has 0 atom stereocenters. The van der Waals surface area contributed by atoms with Crippen LogP contribution in [0.1, 0.15) is 5.56 Å². The lowest BCUT2D eigenvalue weighted by atomic mass is 10.2. The van der Waals surface area contributed by atoms with Crippen LogP contribution in [-0.2, 0) is 0 Å². The van der Waals surface area contributed by atoms with Gasteiger partial charge in [0.1, 0.15) is 11.6 Å². The molecule has 0 heterocycles. The predicted octanol–water partition coefficient (Wildman–Crippen LogP) is 4.44. The summed E-state index contributed by atoms with van der Waals surface area (Å²) < 4.78 is 18.0. The molecule has 0 aliphatic rings. The van der Waals surface area contributed by atoms with Crippen LogP contribution >= 0.6 is 11.6 Å². The Balaban J connectivity index is 2.08. The highest BCUT2D eigenvalue weighted by Gasteiger charge is 2.08. The molecule has 6 heteroatoms. The van der Waals surface area contributed by atoms with E-state index in [1.165, 1.54) is 12.1 Å². The zero-order valence-electron chi connectivity index (χ0n) is 11.5. The van der Waals surface area contributed by atoms with E-state index in [1.54, 1.807) is 25.3 Å². The van der Waals surface area contributed by atoms with E-state index in [2.05, 4.69) is 10.6 Å². The number of aryl methyl sites for hydroxylation is 1. The molecule has 0 spiro atoms. The Kier molecular flexibility index (Phi) is 4.65. The molecule has 0 saturated heterocycles. The van der Waals surface area contributed by atoms with Gasteiger partial charge >= 0.3 is 6.03 Å². The fourth-order valence-electron chi connectivity index (χ4n) is 1.77. The van der Waals surface area contributed by atoms with Crippen molar-refractivity contribution in [2.45, 2.75) is 6.92 Å². The van der Waals surface area contributed by atoms with Gasteiger partial charge in [-0.2, -0.15) is 0 Å². The number of urea groups is 1. The van der Waals surface area contributed by atoms with Crippen LogP contribution in [0, 0.1) is 12.7 Å². The van der Waals surface area contributed by atoms with Crippen LogP contribution in [0.3, 0.4) is 0 Å². The molecule has 2 N–H and O–H groups in total. The summed E-state index contributed by atoms with van der Waals surface area (Å²) in [5.74, 6) is 0.247. The first kappa shape index (κ1) is 15.1. The maximum Gasteiger partial charge on any atom is 0.323 e. The van der Waals surface area contributed by atoms with Gasteiger partial charge in [0.25, 0.3) is 0 Å². The lowest BCUT2D eigenvalue weighted by Crippen LogP contribution is -2.20. The zero-order valence-corrected chi connectivity index (χ0v) is 12.3. The van der Waals surface area contributed by atoms with E-state index < -0.39 is 11.8 Å². The predicted molar refractivity (Wildman–Crippen MR) is 81.8 cm³/mol. The number of anilines is 2. The number of carbonyl (C=O) groups excluding carboxylic acids is 1. The van der Waals surface area contributed by atoms with Gasteiger partial charge in [0.15, 0.2) is 0 Å². The van der Waals surface area contributed by atoms with E-state index >= 15 is 0 Å². The molecule has 0 saturated carbocycles. The van der Waals surface area contributed by atoms with Crippen molar-refractivity contribution in [3.63, 3.8) is 0 Å². The minimum Gasteiger partial charge on any atom is -0.497 e. The lowest BCUT2D eigenvalue weighted by molar-refractivity contribution is 0.262. The third kappa shape index (κ3) is 3.86. The summed E-state index contributed by atoms with van der Waals surface area (Å²) in [5, 5.41) is 5.39. The summed E-state index contributed by atoms with van der Waals surface area (Å²) >= 11 is 5.85. The molecule has 0 aromatic heterocycles. The molecule has 0 aliphatic carbocycles. The Morgan fingerprint density at radius 3 is 2.43 bits per heavy atom. The Morgan fingerprint density at radius 2 is 1.81 bits per heavy atom. The van der Waals surface area contributed by atoms with Gasteiger partial charge in [-0.15, -0.1) is 0 Å². The topological polar surface area (TPSA) is 50.4 Å². The van der Waals surface area contributed by atoms with Crippen molar-refractivity contribution in [1.29, 1.82) is 0 Å². The van der Waals surface area contributed by atoms with Crippen molar-refractivity contribution >= 4 is 29.0 Å². The molecule has 0 aliphatic heterocycles. The Hall–Kier alpha value is -2.27. The molecule has 2 rings (SSSR count). The van der Waals surface area contributed by atoms with Crippen LogP contribution in [0.15, 0.2) is 36.4 Å². The van der Waals surface area contributed by atoms with E-state index in [0.717, 1.165) is 11.6 Å². The minimum absolute atomic E-state index is 0.136. The molecule has 2 aromatic carbocycles. The molecule has 0 bridgehead atoms. The highest BCUT2D eigenvalue weighted by Crippen LogP contribution is 2.24. The number of hydrogen-bond donors (Lipinski definition) is 2. The van der Waals surface area contributed by atoms with Crippen LogP contribution in [0.2, 0.25) is 5.02 Å². The number of rotatable bonds is 3. The minimum atomic E-state index is -0.461. The summed E-state index contributed by atoms with van der Waals surface area (Å²) in [7, 11) is 1.57. The Labute approximate surface area is 126 Å². The summed E-state index contributed by atoms with van der Waals surface area (Å²) in [5.41, 5.74) is 1.84. The van der Waals surface area contributed by atoms with Crippen molar-refractivity contribution in [1.82, 2.24) is 0 Å². The quantitative estimate of drug-likeness (QED) is 0.880. The smallest absolute Gasteiger partial charge is 0.323 e. The second-order valence-electron chi connectivity index (χ2n) is 4.38. The molecule has 0 radical (unpaired) electrons. The molecule has 0 fully saturated rings. The van der Waals surface area contributed by atoms with Gasteiger partial charge in [-0.05, 0) is 48.9 Å². The maximum atomic E-state index is 12.9. The molecule has 21 heavy (non-hydrogen) atoms. The maximum absolute atomic E-state index is 12.9. The van der Waals surface area contributed by atoms with Crippen molar-refractivity contribution in [3.8, 4) is 5.75 Å². The first-order chi connectivity index (χ1) is 9.99. The number of nitrogens with one attached hydrogen (secondary N) is 2. The highest BCUT2D eigenvalue weighted by molar-refractivity contribution is 6.33. The van der Waals surface area contributed by atoms with Gasteiger partial charge in [-0.3, -0.25) is 0 Å². The molecular formula is C15H14ClFN2O2. The fraction of sp³-hybridized carbons (Fsp3) is 0.133. The zero-order chi connectivity index (χ0) is 15.4. The molecule has 2 amide bonds. The normalized spacial score (nSPS) is 10.1. The van der Waals surface area contributed by atoms with E-state index in [4.69, 9.17) is 16.3 Å². The van der Waals surface area contributed by atoms with Crippen molar-refractivity contribution in [3.05, 3.63) is 52.8 Å². The number of methoxy groups -OCH3 is 1. The Morgan fingerprint density at radius 1 is 1.14 bits per heavy atom. The third-order valence-electron chi connectivity index (χ3n) is 2.86. The van der Waals surface area contributed by atoms with E-state index in [1.807, 2.05) is 6.92 Å². The van der Waals surface area contributed by atoms with Gasteiger partial charge < -0.3 is 15.4 Å². The van der Waals surface area contributed by atoms with Gasteiger partial charge in [0.05, 0.1) is 17.8 Å². The van der Waals surface area contributed by atoms with Crippen molar-refractivity contribution in [2.75, 3.05) is 17.7 Å². The Bertz CT molecular complexity index is 677. The van der Waals surface area contributed by atoms with Gasteiger partial charge in [-0.25, -0.2) is 9.18 Å². The number of hydrogen-bond acceptors (Lipinski definition) is 2. The largest absolute Gasteiger partial charge is 0.497 e. The van der Waals surface area contributed by atoms with Crippen LogP contribution in [0.4, 0.5) is 20.6 Å². The first-order valence-electron chi connectivity index (χ1n) is 6.17. The second kappa shape index (κ2) is 6.45. The van der Waals surface area contributed by atoms with Crippen LogP contribution < -0.4 is 15.4 Å². The lowest BCUT2D eigenvalue weighted by Gasteiger charge is -2.11. The second-order valence-corrected chi connectivity index (χ2v) is 4.79. The summed E-state index contributed by atoms with van der Waals surface area (Å²) in [6.45, 7) is 1.85. The van der Waals surface area contributed by atoms with Gasteiger partial charge in [-0.1, -0.05) is 11.6 Å². The summed E-state index contributed by atoms with van der Waals surface area (Å²) in [6.07, 6.45) is 0. The number of ether oxygens (including phenoxy) is 1. The van der Waals surface area contributed by atoms with Crippen LogP contribution in [0.5, 0.6) is 5.75 Å². The molecule has 0 unspecified atom stereocenters. The van der Waals surface area contributed by atoms with E-state index in [9.17, 15) is 9.18 Å². The molecule has 4 nitrogen and oxygen atoms in total. The van der Waals surface area contributed by atoms with Gasteiger partial charge in [0.2, 0.25) is 0 Å². The van der Waals surface area contributed by atoms with Crippen molar-refractivity contribution < 1.29 is 13.9 Å². The number of carbonyl (C=O) groups is 1. The first-order valence-corrected chi connectivity index (χ1v) is 6.55. The molecule has 110 valence electrons. The third-order valence-corrected chi connectivity index (χ3v) is 3.17. The number of benzene rings is 2. The van der Waals surface area contributed by atoms with Crippen LogP contribution in [-0.4, -0.2) is 13.1 Å². The summed E-state index contributed by atoms with van der Waals surface area (Å²) in [4.78, 5) is 11.9. The monoisotopic (exact) mass is 308 g/mol. The summed E-state index contributed by atoms with van der Waals surface area (Å²) in [6, 6.07) is 8.58. The SMILES string of the molecule is COc1ccc(NC(=O)Nc2ccc(F)cc2Cl)c(C)c1. The molecule has 2 aromatic rings. The van der Waals surface area contributed by atoms with Crippen LogP contribution in [0.25, 0.3) is 0 Å². The van der Waals surface area contributed by atoms with Crippen molar-refractivity contribution in [2.24, 2.45) is 0 Å². The average molecular weight is 309 g/mol. The van der Waals surface area contributed by atoms with E-state index in [0.29, 0.717) is 17.1 Å². The fourth-order valence-corrected chi connectivity index (χ4v) is 1.98. The number of amides is 2. The average Bonchev–Trinajstić information content (AvgIpc) is 2.44. The number of halogens is 2. The van der Waals surface area contributed by atoms with E-state index in [-0.39, 0.29) is 5.02 Å². The molecular weight excluding hydrogens is 295 g/mol. The highest BCUT2D eigenvalue weighted by atomic mass is 35.5. The standard InChI is InChI=1S/C15H14ClFN2O2/c1-9-7-11(21-2)4-6-13(9)18-15(20)19-14-5-3-10(17)8-12(14)16/h3-8H,1-2H3,(H2,18,19,20).